The normalized spacial score (nSPS) is 23.4. The Morgan fingerprint density at radius 1 is 1.40 bits per heavy atom. The first-order valence-corrected chi connectivity index (χ1v) is 8.02. The molecule has 1 aromatic heterocycles. The van der Waals surface area contributed by atoms with Gasteiger partial charge in [0.1, 0.15) is 12.4 Å². The third kappa shape index (κ3) is 4.95. The maximum Gasteiger partial charge on any atom is 0.133 e. The topological polar surface area (TPSA) is 34.4 Å². The Hall–Kier alpha value is -0.800. The van der Waals surface area contributed by atoms with Gasteiger partial charge in [-0.3, -0.25) is 0 Å². The van der Waals surface area contributed by atoms with Gasteiger partial charge >= 0.3 is 0 Å². The monoisotopic (exact) mass is 279 g/mol. The Morgan fingerprint density at radius 2 is 2.25 bits per heavy atom. The first kappa shape index (κ1) is 15.6. The largest absolute Gasteiger partial charge is 0.467 e. The van der Waals surface area contributed by atoms with Crippen LogP contribution in [0.25, 0.3) is 0 Å². The standard InChI is InChI=1S/C17H29NO2/c1-13(2)10-18-11-15-7-8-19-17(15)12-20-16-6-4-5-14(3)9-16/h7-8,13-14,16,18H,4-6,9-12H2,1-3H3. The lowest BCUT2D eigenvalue weighted by Crippen LogP contribution is -2.22. The van der Waals surface area contributed by atoms with Crippen LogP contribution in [0.2, 0.25) is 0 Å². The minimum atomic E-state index is 0.417. The first-order chi connectivity index (χ1) is 9.65. The van der Waals surface area contributed by atoms with Crippen molar-refractivity contribution in [2.75, 3.05) is 6.54 Å². The van der Waals surface area contributed by atoms with Crippen molar-refractivity contribution in [2.45, 2.75) is 65.7 Å². The van der Waals surface area contributed by atoms with Crippen molar-refractivity contribution < 1.29 is 9.15 Å². The van der Waals surface area contributed by atoms with Crippen LogP contribution in [0.1, 0.15) is 57.8 Å². The molecule has 3 heteroatoms. The molecule has 0 saturated heterocycles. The van der Waals surface area contributed by atoms with Gasteiger partial charge in [-0.1, -0.05) is 33.6 Å². The fraction of sp³-hybridized carbons (Fsp3) is 0.765. The molecule has 1 heterocycles. The second-order valence-electron chi connectivity index (χ2n) is 6.60. The summed E-state index contributed by atoms with van der Waals surface area (Å²) in [6.07, 6.45) is 7.24. The number of rotatable bonds is 7. The fourth-order valence-corrected chi connectivity index (χ4v) is 2.87. The van der Waals surface area contributed by atoms with E-state index in [1.165, 1.54) is 31.2 Å². The zero-order valence-corrected chi connectivity index (χ0v) is 13.2. The molecule has 0 spiro atoms. The van der Waals surface area contributed by atoms with Crippen LogP contribution in [0, 0.1) is 11.8 Å². The maximum atomic E-state index is 6.04. The summed E-state index contributed by atoms with van der Waals surface area (Å²) in [5, 5.41) is 3.46. The minimum absolute atomic E-state index is 0.417. The molecule has 1 aliphatic carbocycles. The van der Waals surface area contributed by atoms with Gasteiger partial charge in [-0.15, -0.1) is 0 Å². The van der Waals surface area contributed by atoms with Gasteiger partial charge in [0.2, 0.25) is 0 Å². The van der Waals surface area contributed by atoms with Crippen LogP contribution in [0.4, 0.5) is 0 Å². The quantitative estimate of drug-likeness (QED) is 0.815. The summed E-state index contributed by atoms with van der Waals surface area (Å²) in [5.41, 5.74) is 1.23. The van der Waals surface area contributed by atoms with Crippen molar-refractivity contribution in [2.24, 2.45) is 11.8 Å². The highest BCUT2D eigenvalue weighted by atomic mass is 16.5. The van der Waals surface area contributed by atoms with E-state index in [9.17, 15) is 0 Å². The van der Waals surface area contributed by atoms with E-state index in [2.05, 4.69) is 32.2 Å². The molecular formula is C17H29NO2. The maximum absolute atomic E-state index is 6.04. The van der Waals surface area contributed by atoms with E-state index >= 15 is 0 Å². The molecule has 1 aliphatic rings. The van der Waals surface area contributed by atoms with Crippen LogP contribution in [0.15, 0.2) is 16.7 Å². The van der Waals surface area contributed by atoms with Gasteiger partial charge in [-0.25, -0.2) is 0 Å². The zero-order chi connectivity index (χ0) is 14.4. The molecular weight excluding hydrogens is 250 g/mol. The number of nitrogens with one attached hydrogen (secondary N) is 1. The predicted molar refractivity (Wildman–Crippen MR) is 81.5 cm³/mol. The molecule has 0 aliphatic heterocycles. The van der Waals surface area contributed by atoms with Gasteiger partial charge in [0.25, 0.3) is 0 Å². The van der Waals surface area contributed by atoms with Crippen LogP contribution in [-0.2, 0) is 17.9 Å². The average molecular weight is 279 g/mol. The van der Waals surface area contributed by atoms with E-state index < -0.39 is 0 Å². The number of furan rings is 1. The molecule has 1 fully saturated rings. The van der Waals surface area contributed by atoms with E-state index in [0.29, 0.717) is 18.6 Å². The molecule has 20 heavy (non-hydrogen) atoms. The van der Waals surface area contributed by atoms with Crippen LogP contribution in [0.5, 0.6) is 0 Å². The fourth-order valence-electron chi connectivity index (χ4n) is 2.87. The Kier molecular flexibility index (Phi) is 6.11. The van der Waals surface area contributed by atoms with Crippen LogP contribution in [-0.4, -0.2) is 12.6 Å². The number of ether oxygens (including phenoxy) is 1. The Labute approximate surface area is 123 Å². The van der Waals surface area contributed by atoms with Crippen molar-refractivity contribution >= 4 is 0 Å². The Morgan fingerprint density at radius 3 is 3.00 bits per heavy atom. The summed E-state index contributed by atoms with van der Waals surface area (Å²) in [7, 11) is 0. The summed E-state index contributed by atoms with van der Waals surface area (Å²) in [6.45, 7) is 9.28. The lowest BCUT2D eigenvalue weighted by atomic mass is 9.89. The van der Waals surface area contributed by atoms with Crippen molar-refractivity contribution in [3.8, 4) is 0 Å². The first-order valence-electron chi connectivity index (χ1n) is 8.02. The lowest BCUT2D eigenvalue weighted by Gasteiger charge is -2.26. The molecule has 0 amide bonds. The van der Waals surface area contributed by atoms with Crippen molar-refractivity contribution in [3.05, 3.63) is 23.7 Å². The van der Waals surface area contributed by atoms with Gasteiger partial charge in [-0.2, -0.15) is 0 Å². The van der Waals surface area contributed by atoms with Crippen LogP contribution in [0.3, 0.4) is 0 Å². The molecule has 2 unspecified atom stereocenters. The highest BCUT2D eigenvalue weighted by molar-refractivity contribution is 5.16. The molecule has 1 aromatic rings. The van der Waals surface area contributed by atoms with Crippen molar-refractivity contribution in [3.63, 3.8) is 0 Å². The van der Waals surface area contributed by atoms with E-state index in [4.69, 9.17) is 9.15 Å². The van der Waals surface area contributed by atoms with Crippen molar-refractivity contribution in [1.82, 2.24) is 5.32 Å². The smallest absolute Gasteiger partial charge is 0.133 e. The molecule has 1 saturated carbocycles. The third-order valence-corrected chi connectivity index (χ3v) is 4.04. The average Bonchev–Trinajstić information content (AvgIpc) is 2.84. The zero-order valence-electron chi connectivity index (χ0n) is 13.2. The van der Waals surface area contributed by atoms with Crippen molar-refractivity contribution in [1.29, 1.82) is 0 Å². The van der Waals surface area contributed by atoms with E-state index in [-0.39, 0.29) is 0 Å². The van der Waals surface area contributed by atoms with Crippen LogP contribution >= 0.6 is 0 Å². The van der Waals surface area contributed by atoms with Gasteiger partial charge in [0.15, 0.2) is 0 Å². The van der Waals surface area contributed by atoms with Gasteiger partial charge in [0, 0.05) is 12.1 Å². The summed E-state index contributed by atoms with van der Waals surface area (Å²) in [4.78, 5) is 0. The SMILES string of the molecule is CC(C)CNCc1ccoc1COC1CCCC(C)C1. The third-order valence-electron chi connectivity index (χ3n) is 4.04. The molecule has 2 atom stereocenters. The number of hydrogen-bond donors (Lipinski definition) is 1. The summed E-state index contributed by atoms with van der Waals surface area (Å²) in [6, 6.07) is 2.05. The Bertz CT molecular complexity index is 386. The van der Waals surface area contributed by atoms with E-state index in [1.54, 1.807) is 6.26 Å². The molecule has 3 nitrogen and oxygen atoms in total. The van der Waals surface area contributed by atoms with Gasteiger partial charge < -0.3 is 14.5 Å². The Balaban J connectivity index is 1.76. The van der Waals surface area contributed by atoms with Gasteiger partial charge in [0.05, 0.1) is 12.4 Å². The van der Waals surface area contributed by atoms with Crippen LogP contribution < -0.4 is 5.32 Å². The second-order valence-corrected chi connectivity index (χ2v) is 6.60. The summed E-state index contributed by atoms with van der Waals surface area (Å²) < 4.78 is 11.6. The molecule has 2 rings (SSSR count). The minimum Gasteiger partial charge on any atom is -0.467 e. The van der Waals surface area contributed by atoms with E-state index in [0.717, 1.165) is 24.8 Å². The second kappa shape index (κ2) is 7.84. The number of hydrogen-bond acceptors (Lipinski definition) is 3. The molecule has 114 valence electrons. The van der Waals surface area contributed by atoms with E-state index in [1.807, 2.05) is 0 Å². The summed E-state index contributed by atoms with van der Waals surface area (Å²) >= 11 is 0. The molecule has 1 N–H and O–H groups in total. The lowest BCUT2D eigenvalue weighted by molar-refractivity contribution is -0.00305. The summed E-state index contributed by atoms with van der Waals surface area (Å²) in [5.74, 6) is 2.46. The highest BCUT2D eigenvalue weighted by Gasteiger charge is 2.20. The highest BCUT2D eigenvalue weighted by Crippen LogP contribution is 2.26. The van der Waals surface area contributed by atoms with Gasteiger partial charge in [-0.05, 0) is 37.3 Å². The molecule has 0 aromatic carbocycles. The molecule has 0 radical (unpaired) electrons. The molecule has 0 bridgehead atoms. The predicted octanol–water partition coefficient (Wildman–Crippen LogP) is 4.12.